The molecule has 0 radical (unpaired) electrons. The van der Waals surface area contributed by atoms with E-state index in [1.54, 1.807) is 20.8 Å². The van der Waals surface area contributed by atoms with Crippen molar-refractivity contribution in [1.82, 2.24) is 4.98 Å². The highest BCUT2D eigenvalue weighted by molar-refractivity contribution is 6.04. The van der Waals surface area contributed by atoms with Crippen LogP contribution in [0.5, 0.6) is 0 Å². The quantitative estimate of drug-likeness (QED) is 0.630. The number of H-pyrrole nitrogens is 1. The van der Waals surface area contributed by atoms with Gasteiger partial charge in [-0.25, -0.2) is 14.0 Å². The van der Waals surface area contributed by atoms with Gasteiger partial charge in [0, 0.05) is 5.69 Å². The molecule has 1 heterocycles. The molecular formula is C19H20FNO5. The molecule has 0 unspecified atom stereocenters. The van der Waals surface area contributed by atoms with E-state index in [-0.39, 0.29) is 17.9 Å². The lowest BCUT2D eigenvalue weighted by molar-refractivity contribution is 0.0316. The normalized spacial score (nSPS) is 11.7. The van der Waals surface area contributed by atoms with Gasteiger partial charge in [0.05, 0.1) is 23.4 Å². The Kier molecular flexibility index (Phi) is 5.92. The summed E-state index contributed by atoms with van der Waals surface area (Å²) in [5.41, 5.74) is 1.56. The molecule has 2 rings (SSSR count). The number of Topliss-reactive ketones (excluding diaryl/α,β-unsaturated/α-hetero) is 1. The summed E-state index contributed by atoms with van der Waals surface area (Å²) in [4.78, 5) is 39.6. The summed E-state index contributed by atoms with van der Waals surface area (Å²) in [6.07, 6.45) is -1.08. The third kappa shape index (κ3) is 3.99. The zero-order chi connectivity index (χ0) is 19.4. The molecule has 0 amide bonds. The SMILES string of the molecule is CCOC(=O)c1c(C)[nH]c(C(=O)[C@@H](C)OC(=O)c2ccc(F)cc2)c1C. The molecule has 0 aliphatic rings. The Hall–Kier alpha value is -2.96. The van der Waals surface area contributed by atoms with Crippen molar-refractivity contribution >= 4 is 17.7 Å². The molecule has 6 nitrogen and oxygen atoms in total. The third-order valence-electron chi connectivity index (χ3n) is 3.90. The predicted octanol–water partition coefficient (Wildman–Crippen LogP) is 3.38. The monoisotopic (exact) mass is 361 g/mol. The average Bonchev–Trinajstić information content (AvgIpc) is 2.89. The van der Waals surface area contributed by atoms with Crippen molar-refractivity contribution in [2.75, 3.05) is 6.61 Å². The fourth-order valence-corrected chi connectivity index (χ4v) is 2.58. The van der Waals surface area contributed by atoms with E-state index in [9.17, 15) is 18.8 Å². The summed E-state index contributed by atoms with van der Waals surface area (Å²) in [6, 6.07) is 4.82. The van der Waals surface area contributed by atoms with Crippen molar-refractivity contribution in [3.8, 4) is 0 Å². The fourth-order valence-electron chi connectivity index (χ4n) is 2.58. The van der Waals surface area contributed by atoms with Crippen molar-refractivity contribution in [1.29, 1.82) is 0 Å². The van der Waals surface area contributed by atoms with Crippen LogP contribution in [-0.2, 0) is 9.47 Å². The summed E-state index contributed by atoms with van der Waals surface area (Å²) >= 11 is 0. The van der Waals surface area contributed by atoms with Crippen molar-refractivity contribution in [2.45, 2.75) is 33.8 Å². The second-order valence-corrected chi connectivity index (χ2v) is 5.76. The first-order valence-corrected chi connectivity index (χ1v) is 8.13. The molecule has 0 aliphatic heterocycles. The van der Waals surface area contributed by atoms with Crippen LogP contribution in [0.25, 0.3) is 0 Å². The Morgan fingerprint density at radius 1 is 1.12 bits per heavy atom. The minimum atomic E-state index is -1.08. The van der Waals surface area contributed by atoms with Crippen LogP contribution < -0.4 is 0 Å². The number of ketones is 1. The lowest BCUT2D eigenvalue weighted by Crippen LogP contribution is -2.25. The molecule has 26 heavy (non-hydrogen) atoms. The summed E-state index contributed by atoms with van der Waals surface area (Å²) < 4.78 is 23.1. The molecule has 0 saturated heterocycles. The van der Waals surface area contributed by atoms with E-state index in [4.69, 9.17) is 9.47 Å². The zero-order valence-electron chi connectivity index (χ0n) is 15.0. The largest absolute Gasteiger partial charge is 0.462 e. The van der Waals surface area contributed by atoms with Crippen molar-refractivity contribution < 1.29 is 28.2 Å². The van der Waals surface area contributed by atoms with Gasteiger partial charge in [0.1, 0.15) is 5.82 Å². The summed E-state index contributed by atoms with van der Waals surface area (Å²) in [5, 5.41) is 0. The number of carbonyl (C=O) groups is 3. The Labute approximate surface area is 150 Å². The smallest absolute Gasteiger partial charge is 0.340 e. The second kappa shape index (κ2) is 7.95. The van der Waals surface area contributed by atoms with E-state index >= 15 is 0 Å². The maximum Gasteiger partial charge on any atom is 0.340 e. The van der Waals surface area contributed by atoms with Gasteiger partial charge in [0.25, 0.3) is 0 Å². The van der Waals surface area contributed by atoms with E-state index in [0.29, 0.717) is 16.8 Å². The Balaban J connectivity index is 2.18. The number of aryl methyl sites for hydroxylation is 1. The molecule has 7 heteroatoms. The van der Waals surface area contributed by atoms with Crippen LogP contribution in [0.4, 0.5) is 4.39 Å². The fraction of sp³-hybridized carbons (Fsp3) is 0.316. The number of rotatable bonds is 6. The number of nitrogens with one attached hydrogen (secondary N) is 1. The Bertz CT molecular complexity index is 838. The lowest BCUT2D eigenvalue weighted by Gasteiger charge is -2.12. The number of aromatic amines is 1. The standard InChI is InChI=1S/C19H20FNO5/c1-5-25-19(24)15-10(2)16(21-11(15)3)17(22)12(4)26-18(23)13-6-8-14(20)9-7-13/h6-9,12,21H,5H2,1-4H3/t12-/m1/s1. The number of halogens is 1. The first-order valence-electron chi connectivity index (χ1n) is 8.13. The molecule has 0 bridgehead atoms. The number of aromatic nitrogens is 1. The van der Waals surface area contributed by atoms with Gasteiger partial charge in [-0.15, -0.1) is 0 Å². The van der Waals surface area contributed by atoms with Gasteiger partial charge in [-0.1, -0.05) is 0 Å². The van der Waals surface area contributed by atoms with Crippen LogP contribution in [0.15, 0.2) is 24.3 Å². The van der Waals surface area contributed by atoms with Gasteiger partial charge in [0.15, 0.2) is 6.10 Å². The van der Waals surface area contributed by atoms with Crippen molar-refractivity contribution in [3.05, 3.63) is 58.2 Å². The molecule has 2 aromatic rings. The van der Waals surface area contributed by atoms with Crippen LogP contribution in [0.3, 0.4) is 0 Å². The highest BCUT2D eigenvalue weighted by Gasteiger charge is 2.27. The maximum absolute atomic E-state index is 12.9. The minimum absolute atomic E-state index is 0.137. The number of esters is 2. The molecule has 0 fully saturated rings. The van der Waals surface area contributed by atoms with E-state index in [1.165, 1.54) is 19.1 Å². The van der Waals surface area contributed by atoms with E-state index < -0.39 is 29.6 Å². The van der Waals surface area contributed by atoms with Gasteiger partial charge < -0.3 is 14.5 Å². The van der Waals surface area contributed by atoms with Crippen molar-refractivity contribution in [3.63, 3.8) is 0 Å². The molecule has 1 aromatic heterocycles. The average molecular weight is 361 g/mol. The molecule has 138 valence electrons. The number of ether oxygens (including phenoxy) is 2. The highest BCUT2D eigenvalue weighted by atomic mass is 19.1. The van der Waals surface area contributed by atoms with Crippen molar-refractivity contribution in [2.24, 2.45) is 0 Å². The molecule has 1 N–H and O–H groups in total. The van der Waals surface area contributed by atoms with E-state index in [0.717, 1.165) is 12.1 Å². The number of carbonyl (C=O) groups excluding carboxylic acids is 3. The van der Waals surface area contributed by atoms with Gasteiger partial charge in [-0.2, -0.15) is 0 Å². The maximum atomic E-state index is 12.9. The molecule has 0 spiro atoms. The first-order chi connectivity index (χ1) is 12.3. The summed E-state index contributed by atoms with van der Waals surface area (Å²) in [6.45, 7) is 6.63. The van der Waals surface area contributed by atoms with Gasteiger partial charge in [-0.3, -0.25) is 4.79 Å². The van der Waals surface area contributed by atoms with E-state index in [2.05, 4.69) is 4.98 Å². The second-order valence-electron chi connectivity index (χ2n) is 5.76. The summed E-state index contributed by atoms with van der Waals surface area (Å²) in [7, 11) is 0. The lowest BCUT2D eigenvalue weighted by atomic mass is 10.1. The molecular weight excluding hydrogens is 341 g/mol. The van der Waals surface area contributed by atoms with Crippen LogP contribution in [0.1, 0.15) is 56.3 Å². The predicted molar refractivity (Wildman–Crippen MR) is 91.8 cm³/mol. The molecule has 1 atom stereocenters. The van der Waals surface area contributed by atoms with E-state index in [1.807, 2.05) is 0 Å². The Morgan fingerprint density at radius 3 is 2.31 bits per heavy atom. The molecule has 0 saturated carbocycles. The van der Waals surface area contributed by atoms with Gasteiger partial charge in [-0.05, 0) is 57.5 Å². The first kappa shape index (κ1) is 19.4. The molecule has 1 aromatic carbocycles. The number of hydrogen-bond donors (Lipinski definition) is 1. The Morgan fingerprint density at radius 2 is 1.73 bits per heavy atom. The number of hydrogen-bond acceptors (Lipinski definition) is 5. The molecule has 0 aliphatic carbocycles. The topological polar surface area (TPSA) is 85.5 Å². The zero-order valence-corrected chi connectivity index (χ0v) is 15.0. The number of benzene rings is 1. The highest BCUT2D eigenvalue weighted by Crippen LogP contribution is 2.21. The minimum Gasteiger partial charge on any atom is -0.462 e. The van der Waals surface area contributed by atoms with Gasteiger partial charge >= 0.3 is 11.9 Å². The van der Waals surface area contributed by atoms with Crippen LogP contribution in [0.2, 0.25) is 0 Å². The third-order valence-corrected chi connectivity index (χ3v) is 3.90. The van der Waals surface area contributed by atoms with Gasteiger partial charge in [0.2, 0.25) is 5.78 Å². The summed E-state index contributed by atoms with van der Waals surface area (Å²) in [5.74, 6) is -2.21. The van der Waals surface area contributed by atoms with Crippen LogP contribution in [0, 0.1) is 19.7 Å². The van der Waals surface area contributed by atoms with Crippen LogP contribution in [-0.4, -0.2) is 35.4 Å². The van der Waals surface area contributed by atoms with Crippen LogP contribution >= 0.6 is 0 Å².